The fourth-order valence-corrected chi connectivity index (χ4v) is 4.87. The molecule has 3 aromatic rings. The zero-order valence-corrected chi connectivity index (χ0v) is 20.5. The molecule has 1 fully saturated rings. The summed E-state index contributed by atoms with van der Waals surface area (Å²) in [5, 5.41) is 7.26. The number of nitrogens with zero attached hydrogens (tertiary/aromatic N) is 4. The number of carbonyl (C=O) groups excluding carboxylic acids is 1. The first kappa shape index (κ1) is 24.8. The summed E-state index contributed by atoms with van der Waals surface area (Å²) < 4.78 is 53.4. The minimum Gasteiger partial charge on any atom is -0.497 e. The van der Waals surface area contributed by atoms with Gasteiger partial charge in [0.2, 0.25) is 0 Å². The van der Waals surface area contributed by atoms with Gasteiger partial charge in [0, 0.05) is 50.4 Å². The van der Waals surface area contributed by atoms with Gasteiger partial charge in [-0.2, -0.15) is 18.3 Å². The zero-order valence-electron chi connectivity index (χ0n) is 20.5. The summed E-state index contributed by atoms with van der Waals surface area (Å²) in [5.74, 6) is 1.17. The smallest absolute Gasteiger partial charge is 0.410 e. The lowest BCUT2D eigenvalue weighted by molar-refractivity contribution is -0.173. The number of nitrogens with one attached hydrogen (secondary N) is 1. The Balaban J connectivity index is 1.32. The van der Waals surface area contributed by atoms with Crippen LogP contribution >= 0.6 is 0 Å². The monoisotopic (exact) mass is 515 g/mol. The predicted octanol–water partition coefficient (Wildman–Crippen LogP) is 4.52. The van der Waals surface area contributed by atoms with Crippen LogP contribution in [-0.4, -0.2) is 67.2 Å². The Morgan fingerprint density at radius 1 is 0.973 bits per heavy atom. The predicted molar refractivity (Wildman–Crippen MR) is 132 cm³/mol. The van der Waals surface area contributed by atoms with Crippen LogP contribution in [0.15, 0.2) is 54.6 Å². The van der Waals surface area contributed by atoms with Crippen molar-refractivity contribution in [2.75, 3.05) is 50.6 Å². The minimum absolute atomic E-state index is 0.00182. The van der Waals surface area contributed by atoms with Crippen molar-refractivity contribution in [1.29, 1.82) is 0 Å². The zero-order chi connectivity index (χ0) is 26.2. The van der Waals surface area contributed by atoms with E-state index in [4.69, 9.17) is 9.47 Å². The second-order valence-corrected chi connectivity index (χ2v) is 9.10. The maximum Gasteiger partial charge on any atom is 0.410 e. The highest BCUT2D eigenvalue weighted by Crippen LogP contribution is 2.44. The van der Waals surface area contributed by atoms with E-state index in [1.807, 2.05) is 24.3 Å². The van der Waals surface area contributed by atoms with E-state index in [-0.39, 0.29) is 23.8 Å². The summed E-state index contributed by atoms with van der Waals surface area (Å²) in [5.41, 5.74) is 1.69. The minimum atomic E-state index is -4.52. The summed E-state index contributed by atoms with van der Waals surface area (Å²) in [4.78, 5) is 17.0. The van der Waals surface area contributed by atoms with Crippen molar-refractivity contribution in [3.63, 3.8) is 0 Å². The third-order valence-electron chi connectivity index (χ3n) is 6.91. The Kier molecular flexibility index (Phi) is 6.61. The van der Waals surface area contributed by atoms with Gasteiger partial charge in [-0.25, -0.2) is 4.68 Å². The molecule has 0 radical (unpaired) electrons. The van der Waals surface area contributed by atoms with Crippen LogP contribution in [0.5, 0.6) is 11.5 Å². The molecule has 1 aromatic heterocycles. The van der Waals surface area contributed by atoms with Gasteiger partial charge in [0.15, 0.2) is 11.7 Å². The van der Waals surface area contributed by atoms with Crippen molar-refractivity contribution in [3.05, 3.63) is 65.9 Å². The first-order valence-corrected chi connectivity index (χ1v) is 12.0. The number of anilines is 2. The van der Waals surface area contributed by atoms with Crippen LogP contribution in [0.4, 0.5) is 24.7 Å². The Labute approximate surface area is 212 Å². The number of amides is 1. The summed E-state index contributed by atoms with van der Waals surface area (Å²) in [6.45, 7) is 2.05. The third-order valence-corrected chi connectivity index (χ3v) is 6.91. The van der Waals surface area contributed by atoms with Gasteiger partial charge in [0.1, 0.15) is 17.3 Å². The van der Waals surface area contributed by atoms with E-state index in [0.717, 1.165) is 16.1 Å². The Morgan fingerprint density at radius 3 is 2.32 bits per heavy atom. The summed E-state index contributed by atoms with van der Waals surface area (Å²) >= 11 is 0. The standard InChI is InChI=1S/C26H28F3N5O3/c1-36-19-8-6-17(7-9-19)21-15-23(26(27,28)29)34-24(30-21)16-22(31-34)25(35)33-12-10-32(11-13-33)18-4-3-5-20(14-18)37-2/h3-9,14,16,21,23,30H,10-13,15H2,1-2H3. The highest BCUT2D eigenvalue weighted by atomic mass is 19.4. The number of hydrogen-bond donors (Lipinski definition) is 1. The lowest BCUT2D eigenvalue weighted by atomic mass is 9.97. The fraction of sp³-hybridized carbons (Fsp3) is 0.385. The number of rotatable bonds is 5. The van der Waals surface area contributed by atoms with Crippen LogP contribution in [0.2, 0.25) is 0 Å². The van der Waals surface area contributed by atoms with E-state index in [2.05, 4.69) is 15.3 Å². The third kappa shape index (κ3) is 5.03. The number of halogens is 3. The van der Waals surface area contributed by atoms with E-state index >= 15 is 0 Å². The highest BCUT2D eigenvalue weighted by Gasteiger charge is 2.47. The van der Waals surface area contributed by atoms with Gasteiger partial charge >= 0.3 is 6.18 Å². The van der Waals surface area contributed by atoms with E-state index in [9.17, 15) is 18.0 Å². The van der Waals surface area contributed by atoms with E-state index in [1.165, 1.54) is 13.2 Å². The van der Waals surface area contributed by atoms with Crippen molar-refractivity contribution >= 4 is 17.4 Å². The van der Waals surface area contributed by atoms with Gasteiger partial charge < -0.3 is 24.6 Å². The van der Waals surface area contributed by atoms with Crippen molar-refractivity contribution < 1.29 is 27.4 Å². The van der Waals surface area contributed by atoms with Crippen LogP contribution in [0, 0.1) is 0 Å². The fourth-order valence-electron chi connectivity index (χ4n) is 4.87. The van der Waals surface area contributed by atoms with Crippen molar-refractivity contribution in [2.24, 2.45) is 0 Å². The molecular weight excluding hydrogens is 487 g/mol. The maximum atomic E-state index is 14.0. The largest absolute Gasteiger partial charge is 0.497 e. The van der Waals surface area contributed by atoms with Gasteiger partial charge in [0.25, 0.3) is 5.91 Å². The number of alkyl halides is 3. The topological polar surface area (TPSA) is 71.9 Å². The van der Waals surface area contributed by atoms with Crippen molar-refractivity contribution in [2.45, 2.75) is 24.7 Å². The number of fused-ring (bicyclic) bond motifs is 1. The lowest BCUT2D eigenvalue weighted by Crippen LogP contribution is -2.49. The maximum absolute atomic E-state index is 14.0. The molecule has 0 saturated carbocycles. The lowest BCUT2D eigenvalue weighted by Gasteiger charge is -2.36. The summed E-state index contributed by atoms with van der Waals surface area (Å²) in [6.07, 6.45) is -4.76. The van der Waals surface area contributed by atoms with Crippen LogP contribution < -0.4 is 19.7 Å². The molecule has 2 unspecified atom stereocenters. The highest BCUT2D eigenvalue weighted by molar-refractivity contribution is 5.93. The number of hydrogen-bond acceptors (Lipinski definition) is 6. The normalized spacial score (nSPS) is 19.7. The number of carbonyl (C=O) groups is 1. The van der Waals surface area contributed by atoms with Gasteiger partial charge in [-0.1, -0.05) is 18.2 Å². The molecule has 1 saturated heterocycles. The average Bonchev–Trinajstić information content (AvgIpc) is 3.36. The molecule has 2 aliphatic heterocycles. The summed E-state index contributed by atoms with van der Waals surface area (Å²) in [7, 11) is 3.14. The Morgan fingerprint density at radius 2 is 1.68 bits per heavy atom. The number of piperazine rings is 1. The molecule has 0 aliphatic carbocycles. The second-order valence-electron chi connectivity index (χ2n) is 9.10. The van der Waals surface area contributed by atoms with Crippen LogP contribution in [0.3, 0.4) is 0 Å². The molecule has 0 spiro atoms. The van der Waals surface area contributed by atoms with E-state index in [1.54, 1.807) is 36.3 Å². The molecular formula is C26H28F3N5O3. The number of aromatic nitrogens is 2. The van der Waals surface area contributed by atoms with Gasteiger partial charge in [0.05, 0.1) is 20.3 Å². The second kappa shape index (κ2) is 9.87. The van der Waals surface area contributed by atoms with Gasteiger partial charge in [-0.05, 0) is 29.8 Å². The van der Waals surface area contributed by atoms with Gasteiger partial charge in [-0.15, -0.1) is 0 Å². The average molecular weight is 516 g/mol. The number of benzene rings is 2. The van der Waals surface area contributed by atoms with Gasteiger partial charge in [-0.3, -0.25) is 4.79 Å². The molecule has 2 aliphatic rings. The Bertz CT molecular complexity index is 1250. The Hall–Kier alpha value is -3.89. The molecule has 2 aromatic carbocycles. The van der Waals surface area contributed by atoms with Crippen LogP contribution in [-0.2, 0) is 0 Å². The molecule has 11 heteroatoms. The first-order valence-electron chi connectivity index (χ1n) is 12.0. The SMILES string of the molecule is COc1ccc(C2CC(C(F)(F)F)n3nc(C(=O)N4CCN(c5cccc(OC)c5)CC4)cc3N2)cc1. The molecule has 37 heavy (non-hydrogen) atoms. The molecule has 1 amide bonds. The van der Waals surface area contributed by atoms with E-state index in [0.29, 0.717) is 37.5 Å². The quantitative estimate of drug-likeness (QED) is 0.539. The number of methoxy groups -OCH3 is 2. The van der Waals surface area contributed by atoms with Crippen molar-refractivity contribution in [1.82, 2.24) is 14.7 Å². The molecule has 1 N–H and O–H groups in total. The molecule has 3 heterocycles. The van der Waals surface area contributed by atoms with E-state index < -0.39 is 18.3 Å². The molecule has 0 bridgehead atoms. The summed E-state index contributed by atoms with van der Waals surface area (Å²) in [6, 6.07) is 13.6. The van der Waals surface area contributed by atoms with Crippen LogP contribution in [0.25, 0.3) is 0 Å². The van der Waals surface area contributed by atoms with Crippen molar-refractivity contribution in [3.8, 4) is 11.5 Å². The molecule has 2 atom stereocenters. The molecule has 196 valence electrons. The number of ether oxygens (including phenoxy) is 2. The molecule has 5 rings (SSSR count). The molecule has 8 nitrogen and oxygen atoms in total. The first-order chi connectivity index (χ1) is 17.8. The van der Waals surface area contributed by atoms with Crippen LogP contribution in [0.1, 0.15) is 34.6 Å².